The quantitative estimate of drug-likeness (QED) is 0.351. The lowest BCUT2D eigenvalue weighted by Crippen LogP contribution is -2.14. The predicted octanol–water partition coefficient (Wildman–Crippen LogP) is 4.55. The highest BCUT2D eigenvalue weighted by molar-refractivity contribution is 7.99. The van der Waals surface area contributed by atoms with Crippen LogP contribution in [0.4, 0.5) is 0 Å². The molecule has 3 aromatic rings. The first-order valence-corrected chi connectivity index (χ1v) is 10.6. The number of hydrogen-bond donors (Lipinski definition) is 0. The van der Waals surface area contributed by atoms with Crippen molar-refractivity contribution in [2.45, 2.75) is 31.7 Å². The van der Waals surface area contributed by atoms with Crippen LogP contribution in [0.1, 0.15) is 19.7 Å². The monoisotopic (exact) mass is 447 g/mol. The smallest absolute Gasteiger partial charge is 0.316 e. The van der Waals surface area contributed by atoms with Gasteiger partial charge in [-0.15, -0.1) is 10.2 Å². The van der Waals surface area contributed by atoms with E-state index in [0.717, 1.165) is 11.4 Å². The summed E-state index contributed by atoms with van der Waals surface area (Å²) < 4.78 is 18.1. The SMILES string of the molecule is COc1ccc(-n2c(COc3ccc(Cl)cc3)nnc2SCC(=O)OC(C)C)cc1. The number of halogens is 1. The molecule has 0 N–H and O–H groups in total. The van der Waals surface area contributed by atoms with E-state index < -0.39 is 0 Å². The Bertz CT molecular complexity index is 975. The largest absolute Gasteiger partial charge is 0.497 e. The van der Waals surface area contributed by atoms with Gasteiger partial charge in [-0.3, -0.25) is 9.36 Å². The summed E-state index contributed by atoms with van der Waals surface area (Å²) in [6, 6.07) is 14.6. The third kappa shape index (κ3) is 5.90. The molecule has 0 spiro atoms. The molecule has 30 heavy (non-hydrogen) atoms. The summed E-state index contributed by atoms with van der Waals surface area (Å²) >= 11 is 7.18. The Morgan fingerprint density at radius 3 is 2.37 bits per heavy atom. The van der Waals surface area contributed by atoms with E-state index >= 15 is 0 Å². The molecular weight excluding hydrogens is 426 g/mol. The Balaban J connectivity index is 1.82. The van der Waals surface area contributed by atoms with Gasteiger partial charge in [-0.1, -0.05) is 23.4 Å². The van der Waals surface area contributed by atoms with E-state index in [1.807, 2.05) is 42.7 Å². The van der Waals surface area contributed by atoms with Crippen molar-refractivity contribution in [1.29, 1.82) is 0 Å². The van der Waals surface area contributed by atoms with Gasteiger partial charge in [-0.2, -0.15) is 0 Å². The molecule has 0 amide bonds. The van der Waals surface area contributed by atoms with Gasteiger partial charge in [0.25, 0.3) is 0 Å². The van der Waals surface area contributed by atoms with Crippen LogP contribution >= 0.6 is 23.4 Å². The highest BCUT2D eigenvalue weighted by atomic mass is 35.5. The molecule has 9 heteroatoms. The van der Waals surface area contributed by atoms with E-state index in [4.69, 9.17) is 25.8 Å². The zero-order valence-corrected chi connectivity index (χ0v) is 18.4. The van der Waals surface area contributed by atoms with Gasteiger partial charge < -0.3 is 14.2 Å². The Labute approximate surface area is 184 Å². The van der Waals surface area contributed by atoms with Gasteiger partial charge in [0.15, 0.2) is 11.0 Å². The average Bonchev–Trinajstić information content (AvgIpc) is 3.14. The van der Waals surface area contributed by atoms with E-state index in [1.54, 1.807) is 31.4 Å². The molecule has 0 saturated heterocycles. The fourth-order valence-electron chi connectivity index (χ4n) is 2.58. The van der Waals surface area contributed by atoms with Crippen molar-refractivity contribution in [3.8, 4) is 17.2 Å². The maximum absolute atomic E-state index is 12.0. The van der Waals surface area contributed by atoms with Crippen LogP contribution in [-0.4, -0.2) is 39.7 Å². The topological polar surface area (TPSA) is 75.5 Å². The zero-order chi connectivity index (χ0) is 21.5. The zero-order valence-electron chi connectivity index (χ0n) is 16.9. The number of nitrogens with zero attached hydrogens (tertiary/aromatic N) is 3. The number of benzene rings is 2. The summed E-state index contributed by atoms with van der Waals surface area (Å²) in [5, 5.41) is 9.71. The molecule has 0 saturated carbocycles. The maximum Gasteiger partial charge on any atom is 0.316 e. The minimum atomic E-state index is -0.307. The first-order chi connectivity index (χ1) is 14.5. The van der Waals surface area contributed by atoms with Gasteiger partial charge in [0.05, 0.1) is 19.0 Å². The molecule has 3 rings (SSSR count). The molecular formula is C21H22ClN3O4S. The van der Waals surface area contributed by atoms with Gasteiger partial charge in [-0.05, 0) is 62.4 Å². The molecule has 0 aliphatic rings. The van der Waals surface area contributed by atoms with Crippen LogP contribution in [0.25, 0.3) is 5.69 Å². The predicted molar refractivity (Wildman–Crippen MR) is 116 cm³/mol. The molecule has 0 radical (unpaired) electrons. The Kier molecular flexibility index (Phi) is 7.59. The van der Waals surface area contributed by atoms with Crippen molar-refractivity contribution in [1.82, 2.24) is 14.8 Å². The normalized spacial score (nSPS) is 10.8. The molecule has 0 unspecified atom stereocenters. The third-order valence-electron chi connectivity index (χ3n) is 3.90. The van der Waals surface area contributed by atoms with Crippen LogP contribution < -0.4 is 9.47 Å². The third-order valence-corrected chi connectivity index (χ3v) is 5.05. The first-order valence-electron chi connectivity index (χ1n) is 9.25. The van der Waals surface area contributed by atoms with Crippen molar-refractivity contribution in [3.05, 3.63) is 59.4 Å². The van der Waals surface area contributed by atoms with Crippen molar-refractivity contribution < 1.29 is 19.0 Å². The van der Waals surface area contributed by atoms with Crippen LogP contribution in [0, 0.1) is 0 Å². The first kappa shape index (κ1) is 22.0. The lowest BCUT2D eigenvalue weighted by Gasteiger charge is -2.12. The summed E-state index contributed by atoms with van der Waals surface area (Å²) in [7, 11) is 1.61. The van der Waals surface area contributed by atoms with Crippen molar-refractivity contribution in [2.24, 2.45) is 0 Å². The average molecular weight is 448 g/mol. The molecule has 0 aliphatic carbocycles. The molecule has 158 valence electrons. The van der Waals surface area contributed by atoms with Gasteiger partial charge in [0.1, 0.15) is 18.1 Å². The molecule has 0 aliphatic heterocycles. The molecule has 2 aromatic carbocycles. The van der Waals surface area contributed by atoms with Crippen LogP contribution in [0.3, 0.4) is 0 Å². The summed E-state index contributed by atoms with van der Waals surface area (Å²) in [4.78, 5) is 12.0. The lowest BCUT2D eigenvalue weighted by atomic mass is 10.3. The number of methoxy groups -OCH3 is 1. The van der Waals surface area contributed by atoms with Gasteiger partial charge in [0, 0.05) is 10.7 Å². The van der Waals surface area contributed by atoms with Crippen LogP contribution in [0.5, 0.6) is 11.5 Å². The minimum absolute atomic E-state index is 0.129. The van der Waals surface area contributed by atoms with E-state index in [-0.39, 0.29) is 24.4 Å². The fraction of sp³-hybridized carbons (Fsp3) is 0.286. The minimum Gasteiger partial charge on any atom is -0.497 e. The lowest BCUT2D eigenvalue weighted by molar-refractivity contribution is -0.144. The summed E-state index contributed by atoms with van der Waals surface area (Å²) in [6.07, 6.45) is -0.166. The van der Waals surface area contributed by atoms with E-state index in [9.17, 15) is 4.79 Å². The van der Waals surface area contributed by atoms with Crippen LogP contribution in [0.2, 0.25) is 5.02 Å². The summed E-state index contributed by atoms with van der Waals surface area (Å²) in [5.74, 6) is 1.82. The number of hydrogen-bond acceptors (Lipinski definition) is 7. The van der Waals surface area contributed by atoms with Crippen LogP contribution in [-0.2, 0) is 16.1 Å². The molecule has 0 fully saturated rings. The second kappa shape index (κ2) is 10.4. The molecule has 1 aromatic heterocycles. The van der Waals surface area contributed by atoms with E-state index in [0.29, 0.717) is 21.8 Å². The highest BCUT2D eigenvalue weighted by Gasteiger charge is 2.17. The summed E-state index contributed by atoms with van der Waals surface area (Å²) in [5.41, 5.74) is 0.829. The number of aromatic nitrogens is 3. The standard InChI is InChI=1S/C21H22ClN3O4S/c1-14(2)29-20(26)13-30-21-24-23-19(12-28-18-8-4-15(22)5-9-18)25(21)16-6-10-17(27-3)11-7-16/h4-11,14H,12-13H2,1-3H3. The number of carbonyl (C=O) groups is 1. The Morgan fingerprint density at radius 2 is 1.73 bits per heavy atom. The number of esters is 1. The molecule has 1 heterocycles. The maximum atomic E-state index is 12.0. The fourth-order valence-corrected chi connectivity index (χ4v) is 3.46. The van der Waals surface area contributed by atoms with Crippen molar-refractivity contribution in [2.75, 3.05) is 12.9 Å². The van der Waals surface area contributed by atoms with Gasteiger partial charge in [-0.25, -0.2) is 0 Å². The van der Waals surface area contributed by atoms with Gasteiger partial charge >= 0.3 is 5.97 Å². The Morgan fingerprint density at radius 1 is 1.07 bits per heavy atom. The second-order valence-electron chi connectivity index (χ2n) is 6.50. The molecule has 0 atom stereocenters. The molecule has 0 bridgehead atoms. The van der Waals surface area contributed by atoms with Gasteiger partial charge in [0.2, 0.25) is 0 Å². The second-order valence-corrected chi connectivity index (χ2v) is 7.88. The van der Waals surface area contributed by atoms with E-state index in [1.165, 1.54) is 11.8 Å². The number of rotatable bonds is 9. The van der Waals surface area contributed by atoms with Crippen molar-refractivity contribution in [3.63, 3.8) is 0 Å². The summed E-state index contributed by atoms with van der Waals surface area (Å²) in [6.45, 7) is 3.82. The van der Waals surface area contributed by atoms with Crippen LogP contribution in [0.15, 0.2) is 53.7 Å². The number of ether oxygens (including phenoxy) is 3. The van der Waals surface area contributed by atoms with E-state index in [2.05, 4.69) is 10.2 Å². The molecule has 7 nitrogen and oxygen atoms in total. The highest BCUT2D eigenvalue weighted by Crippen LogP contribution is 2.25. The number of thioether (sulfide) groups is 1. The number of carbonyl (C=O) groups excluding carboxylic acids is 1. The van der Waals surface area contributed by atoms with Crippen molar-refractivity contribution >= 4 is 29.3 Å². The Hall–Kier alpha value is -2.71.